The molecule has 0 amide bonds. The van der Waals surface area contributed by atoms with Crippen molar-refractivity contribution in [2.45, 2.75) is 39.0 Å². The fraction of sp³-hybridized carbons (Fsp3) is 0.286. The number of benzene rings is 2. The quantitative estimate of drug-likeness (QED) is 0.516. The first kappa shape index (κ1) is 15.4. The maximum absolute atomic E-state index is 8.92. The number of aryl methyl sites for hydroxylation is 1. The van der Waals surface area contributed by atoms with Crippen molar-refractivity contribution in [3.63, 3.8) is 0 Å². The van der Waals surface area contributed by atoms with Gasteiger partial charge in [0.2, 0.25) is 5.76 Å². The molecule has 1 heterocycles. The van der Waals surface area contributed by atoms with Crippen LogP contribution in [-0.4, -0.2) is 0 Å². The Hall–Kier alpha value is -2.53. The Morgan fingerprint density at radius 3 is 2.43 bits per heavy atom. The van der Waals surface area contributed by atoms with Crippen molar-refractivity contribution in [1.29, 1.82) is 5.26 Å². The maximum Gasteiger partial charge on any atom is 0.204 e. The van der Waals surface area contributed by atoms with E-state index >= 15 is 0 Å². The first-order valence-corrected chi connectivity index (χ1v) is 8.33. The van der Waals surface area contributed by atoms with Gasteiger partial charge in [-0.2, -0.15) is 5.26 Å². The van der Waals surface area contributed by atoms with E-state index in [0.717, 1.165) is 23.0 Å². The summed E-state index contributed by atoms with van der Waals surface area (Å²) >= 11 is 0. The maximum atomic E-state index is 8.92. The second kappa shape index (κ2) is 7.15. The van der Waals surface area contributed by atoms with Crippen LogP contribution >= 0.6 is 0 Å². The van der Waals surface area contributed by atoms with Crippen LogP contribution in [0.15, 0.2) is 52.9 Å². The molecule has 1 aromatic heterocycles. The van der Waals surface area contributed by atoms with Crippen molar-refractivity contribution in [2.24, 2.45) is 0 Å². The molecule has 2 nitrogen and oxygen atoms in total. The highest BCUT2D eigenvalue weighted by atomic mass is 16.3. The molecule has 0 saturated carbocycles. The summed E-state index contributed by atoms with van der Waals surface area (Å²) in [6.45, 7) is 2.24. The molecule has 0 unspecified atom stereocenters. The van der Waals surface area contributed by atoms with Crippen molar-refractivity contribution in [3.8, 4) is 17.2 Å². The Morgan fingerprint density at radius 2 is 1.70 bits per heavy atom. The zero-order valence-corrected chi connectivity index (χ0v) is 13.5. The molecule has 0 radical (unpaired) electrons. The Bertz CT molecular complexity index is 821. The summed E-state index contributed by atoms with van der Waals surface area (Å²) in [6.07, 6.45) is 6.35. The number of nitrogens with zero attached hydrogens (tertiary/aromatic N) is 1. The van der Waals surface area contributed by atoms with E-state index < -0.39 is 0 Å². The van der Waals surface area contributed by atoms with Crippen LogP contribution in [0.4, 0.5) is 0 Å². The molecular weight excluding hydrogens is 282 g/mol. The molecule has 0 fully saturated rings. The summed E-state index contributed by atoms with van der Waals surface area (Å²) in [5.74, 6) is 0.361. The van der Waals surface area contributed by atoms with Gasteiger partial charge in [0.05, 0.1) is 0 Å². The van der Waals surface area contributed by atoms with Gasteiger partial charge in [-0.3, -0.25) is 0 Å². The summed E-state index contributed by atoms with van der Waals surface area (Å²) in [5, 5.41) is 9.89. The first-order chi connectivity index (χ1) is 11.3. The monoisotopic (exact) mass is 303 g/mol. The Balaban J connectivity index is 1.75. The van der Waals surface area contributed by atoms with E-state index in [2.05, 4.69) is 37.3 Å². The third-order valence-electron chi connectivity index (χ3n) is 4.23. The largest absolute Gasteiger partial charge is 0.446 e. The van der Waals surface area contributed by atoms with E-state index in [1.54, 1.807) is 6.07 Å². The third-order valence-corrected chi connectivity index (χ3v) is 4.23. The van der Waals surface area contributed by atoms with Crippen molar-refractivity contribution < 1.29 is 4.42 Å². The van der Waals surface area contributed by atoms with Gasteiger partial charge >= 0.3 is 0 Å². The molecule has 0 spiro atoms. The molecule has 2 heteroatoms. The van der Waals surface area contributed by atoms with E-state index in [1.807, 2.05) is 18.2 Å². The number of fused-ring (bicyclic) bond motifs is 1. The minimum absolute atomic E-state index is 0.361. The summed E-state index contributed by atoms with van der Waals surface area (Å²) < 4.78 is 5.43. The van der Waals surface area contributed by atoms with E-state index in [-0.39, 0.29) is 0 Å². The average Bonchev–Trinajstić information content (AvgIpc) is 3.01. The zero-order chi connectivity index (χ0) is 16.1. The fourth-order valence-electron chi connectivity index (χ4n) is 2.90. The predicted octanol–water partition coefficient (Wildman–Crippen LogP) is 6.09. The van der Waals surface area contributed by atoms with Crippen molar-refractivity contribution >= 4 is 11.0 Å². The Kier molecular flexibility index (Phi) is 4.78. The first-order valence-electron chi connectivity index (χ1n) is 8.33. The van der Waals surface area contributed by atoms with Gasteiger partial charge in [-0.15, -0.1) is 0 Å². The second-order valence-electron chi connectivity index (χ2n) is 5.98. The lowest BCUT2D eigenvalue weighted by molar-refractivity contribution is 0.599. The molecule has 3 aromatic rings. The molecule has 2 aromatic carbocycles. The van der Waals surface area contributed by atoms with Crippen LogP contribution in [-0.2, 0) is 6.42 Å². The number of nitriles is 1. The summed E-state index contributed by atoms with van der Waals surface area (Å²) in [5.41, 5.74) is 4.52. The molecular formula is C21H21NO. The molecule has 0 bridgehead atoms. The SMILES string of the molecule is CCCCCCc1ccc(-c2ccc3oc(C#N)cc3c2)cc1. The lowest BCUT2D eigenvalue weighted by Gasteiger charge is -2.05. The van der Waals surface area contributed by atoms with Gasteiger partial charge in [-0.1, -0.05) is 56.5 Å². The van der Waals surface area contributed by atoms with Gasteiger partial charge in [0.25, 0.3) is 0 Å². The van der Waals surface area contributed by atoms with Crippen LogP contribution in [0, 0.1) is 11.3 Å². The Labute approximate surface area is 137 Å². The average molecular weight is 303 g/mol. The number of rotatable bonds is 6. The standard InChI is InChI=1S/C21H21NO/c1-2-3-4-5-6-16-7-9-17(10-8-16)18-11-12-21-19(13-18)14-20(15-22)23-21/h7-14H,2-6H2,1H3. The Morgan fingerprint density at radius 1 is 0.913 bits per heavy atom. The number of furan rings is 1. The number of hydrogen-bond acceptors (Lipinski definition) is 2. The van der Waals surface area contributed by atoms with Crippen LogP contribution in [0.2, 0.25) is 0 Å². The molecule has 0 aliphatic rings. The summed E-state index contributed by atoms with van der Waals surface area (Å²) in [4.78, 5) is 0. The molecule has 0 N–H and O–H groups in total. The third kappa shape index (κ3) is 3.63. The molecule has 0 atom stereocenters. The second-order valence-corrected chi connectivity index (χ2v) is 5.98. The lowest BCUT2D eigenvalue weighted by Crippen LogP contribution is -1.86. The minimum Gasteiger partial charge on any atom is -0.446 e. The van der Waals surface area contributed by atoms with Crippen LogP contribution in [0.25, 0.3) is 22.1 Å². The highest BCUT2D eigenvalue weighted by Crippen LogP contribution is 2.27. The van der Waals surface area contributed by atoms with Gasteiger partial charge in [-0.05, 0) is 41.7 Å². The topological polar surface area (TPSA) is 36.9 Å². The van der Waals surface area contributed by atoms with Crippen molar-refractivity contribution in [3.05, 3.63) is 59.9 Å². The van der Waals surface area contributed by atoms with Gasteiger partial charge in [0.1, 0.15) is 11.7 Å². The van der Waals surface area contributed by atoms with E-state index in [4.69, 9.17) is 9.68 Å². The number of unbranched alkanes of at least 4 members (excludes halogenated alkanes) is 3. The summed E-state index contributed by atoms with van der Waals surface area (Å²) in [7, 11) is 0. The molecule has 116 valence electrons. The van der Waals surface area contributed by atoms with Crippen molar-refractivity contribution in [1.82, 2.24) is 0 Å². The van der Waals surface area contributed by atoms with Crippen LogP contribution in [0.1, 0.15) is 43.9 Å². The summed E-state index contributed by atoms with van der Waals surface area (Å²) in [6, 6.07) is 18.7. The smallest absolute Gasteiger partial charge is 0.204 e. The van der Waals surface area contributed by atoms with E-state index in [0.29, 0.717) is 5.76 Å². The fourth-order valence-corrected chi connectivity index (χ4v) is 2.90. The highest BCUT2D eigenvalue weighted by Gasteiger charge is 2.05. The molecule has 23 heavy (non-hydrogen) atoms. The molecule has 0 saturated heterocycles. The molecule has 0 aliphatic heterocycles. The van der Waals surface area contributed by atoms with Crippen LogP contribution < -0.4 is 0 Å². The lowest BCUT2D eigenvalue weighted by atomic mass is 10.0. The van der Waals surface area contributed by atoms with E-state index in [9.17, 15) is 0 Å². The molecule has 3 rings (SSSR count). The van der Waals surface area contributed by atoms with E-state index in [1.165, 1.54) is 36.8 Å². The van der Waals surface area contributed by atoms with Crippen molar-refractivity contribution in [2.75, 3.05) is 0 Å². The van der Waals surface area contributed by atoms with Gasteiger partial charge < -0.3 is 4.42 Å². The highest BCUT2D eigenvalue weighted by molar-refractivity contribution is 5.84. The zero-order valence-electron chi connectivity index (χ0n) is 13.5. The van der Waals surface area contributed by atoms with Gasteiger partial charge in [-0.25, -0.2) is 0 Å². The predicted molar refractivity (Wildman–Crippen MR) is 94.2 cm³/mol. The van der Waals surface area contributed by atoms with Gasteiger partial charge in [0.15, 0.2) is 0 Å². The molecule has 0 aliphatic carbocycles. The minimum atomic E-state index is 0.361. The van der Waals surface area contributed by atoms with Gasteiger partial charge in [0, 0.05) is 11.5 Å². The normalized spacial score (nSPS) is 10.8. The van der Waals surface area contributed by atoms with Crippen LogP contribution in [0.5, 0.6) is 0 Å². The number of hydrogen-bond donors (Lipinski definition) is 0. The van der Waals surface area contributed by atoms with Crippen LogP contribution in [0.3, 0.4) is 0 Å².